The van der Waals surface area contributed by atoms with Crippen molar-refractivity contribution < 1.29 is 14.3 Å². The molecule has 0 saturated carbocycles. The zero-order chi connectivity index (χ0) is 21.0. The van der Waals surface area contributed by atoms with Gasteiger partial charge in [0.25, 0.3) is 5.91 Å². The number of allylic oxidation sites excluding steroid dienone is 1. The molecule has 5 heteroatoms. The average Bonchev–Trinajstić information content (AvgIpc) is 2.79. The number of hydrogen-bond acceptors (Lipinski definition) is 4. The smallest absolute Gasteiger partial charge is 0.280 e. The van der Waals surface area contributed by atoms with E-state index in [1.54, 1.807) is 25.1 Å². The Bertz CT molecular complexity index is 968. The molecule has 1 atom stereocenters. The first-order chi connectivity index (χ1) is 14.7. The van der Waals surface area contributed by atoms with Gasteiger partial charge in [0.15, 0.2) is 6.10 Å². The lowest BCUT2D eigenvalue weighted by atomic mass is 10.2. The van der Waals surface area contributed by atoms with Gasteiger partial charge in [-0.2, -0.15) is 5.10 Å². The standard InChI is InChI=1S/C25H24N2O3/c1-20(25(28)27-26-18-8-13-21-9-4-2-5-10-21)30-24-16-14-23(15-17-24)29-19-22-11-6-3-7-12-22/h2-18,20H,19H2,1H3,(H,27,28)/b13-8+,26-18-/t20-/m0/s1. The van der Waals surface area contributed by atoms with Crippen LogP contribution in [0.1, 0.15) is 18.1 Å². The van der Waals surface area contributed by atoms with Gasteiger partial charge in [-0.3, -0.25) is 4.79 Å². The van der Waals surface area contributed by atoms with Crippen LogP contribution < -0.4 is 14.9 Å². The van der Waals surface area contributed by atoms with Crippen molar-refractivity contribution in [3.63, 3.8) is 0 Å². The Balaban J connectivity index is 1.42. The van der Waals surface area contributed by atoms with Crippen molar-refractivity contribution >= 4 is 18.2 Å². The monoisotopic (exact) mass is 400 g/mol. The van der Waals surface area contributed by atoms with Crippen molar-refractivity contribution in [2.24, 2.45) is 5.10 Å². The summed E-state index contributed by atoms with van der Waals surface area (Å²) in [6.45, 7) is 2.17. The van der Waals surface area contributed by atoms with E-state index in [9.17, 15) is 4.79 Å². The average molecular weight is 400 g/mol. The third kappa shape index (κ3) is 6.95. The van der Waals surface area contributed by atoms with E-state index in [2.05, 4.69) is 10.5 Å². The molecule has 0 aliphatic rings. The second-order valence-electron chi connectivity index (χ2n) is 6.53. The van der Waals surface area contributed by atoms with Gasteiger partial charge in [0.2, 0.25) is 0 Å². The van der Waals surface area contributed by atoms with E-state index in [4.69, 9.17) is 9.47 Å². The van der Waals surface area contributed by atoms with Gasteiger partial charge in [-0.05, 0) is 48.4 Å². The second-order valence-corrected chi connectivity index (χ2v) is 6.53. The van der Waals surface area contributed by atoms with Crippen molar-refractivity contribution in [1.82, 2.24) is 5.43 Å². The Hall–Kier alpha value is -3.86. The summed E-state index contributed by atoms with van der Waals surface area (Å²) in [6, 6.07) is 27.0. The third-order valence-electron chi connectivity index (χ3n) is 4.18. The van der Waals surface area contributed by atoms with Crippen LogP contribution >= 0.6 is 0 Å². The summed E-state index contributed by atoms with van der Waals surface area (Å²) in [5.74, 6) is 0.986. The van der Waals surface area contributed by atoms with Crippen LogP contribution in [0.15, 0.2) is 96.1 Å². The Morgan fingerprint density at radius 1 is 0.933 bits per heavy atom. The minimum atomic E-state index is -0.684. The first-order valence-electron chi connectivity index (χ1n) is 9.69. The van der Waals surface area contributed by atoms with Gasteiger partial charge in [0.1, 0.15) is 18.1 Å². The van der Waals surface area contributed by atoms with E-state index in [-0.39, 0.29) is 5.91 Å². The number of carbonyl (C=O) groups is 1. The largest absolute Gasteiger partial charge is 0.489 e. The molecule has 0 fully saturated rings. The van der Waals surface area contributed by atoms with Gasteiger partial charge < -0.3 is 9.47 Å². The van der Waals surface area contributed by atoms with Crippen molar-refractivity contribution in [3.8, 4) is 11.5 Å². The zero-order valence-corrected chi connectivity index (χ0v) is 16.8. The van der Waals surface area contributed by atoms with Crippen molar-refractivity contribution in [1.29, 1.82) is 0 Å². The number of hydrogen-bond donors (Lipinski definition) is 1. The van der Waals surface area contributed by atoms with E-state index in [0.717, 1.165) is 16.9 Å². The quantitative estimate of drug-likeness (QED) is 0.413. The first-order valence-corrected chi connectivity index (χ1v) is 9.69. The SMILES string of the molecule is C[C@H](Oc1ccc(OCc2ccccc2)cc1)C(=O)N/N=C\C=C\c1ccccc1. The lowest BCUT2D eigenvalue weighted by Gasteiger charge is -2.13. The Morgan fingerprint density at radius 3 is 2.27 bits per heavy atom. The van der Waals surface area contributed by atoms with Gasteiger partial charge in [-0.1, -0.05) is 66.7 Å². The molecule has 152 valence electrons. The number of amides is 1. The summed E-state index contributed by atoms with van der Waals surface area (Å²) in [5, 5.41) is 3.90. The molecule has 0 heterocycles. The lowest BCUT2D eigenvalue weighted by molar-refractivity contribution is -0.127. The maximum Gasteiger partial charge on any atom is 0.280 e. The number of rotatable bonds is 9. The fraction of sp³-hybridized carbons (Fsp3) is 0.120. The van der Waals surface area contributed by atoms with Gasteiger partial charge in [-0.15, -0.1) is 0 Å². The zero-order valence-electron chi connectivity index (χ0n) is 16.8. The molecule has 3 rings (SSSR count). The molecular formula is C25H24N2O3. The first kappa shape index (κ1) is 20.9. The molecule has 0 radical (unpaired) electrons. The van der Waals surface area contributed by atoms with Crippen LogP contribution in [-0.4, -0.2) is 18.2 Å². The Kier molecular flexibility index (Phi) is 7.80. The van der Waals surface area contributed by atoms with Crippen LogP contribution in [0, 0.1) is 0 Å². The molecule has 0 spiro atoms. The van der Waals surface area contributed by atoms with Crippen molar-refractivity contribution in [2.75, 3.05) is 0 Å². The number of nitrogens with one attached hydrogen (secondary N) is 1. The molecule has 0 saturated heterocycles. The number of hydrazone groups is 1. The molecule has 0 unspecified atom stereocenters. The molecule has 0 bridgehead atoms. The molecule has 3 aromatic carbocycles. The molecule has 3 aromatic rings. The van der Waals surface area contributed by atoms with Crippen LogP contribution in [0.5, 0.6) is 11.5 Å². The summed E-state index contributed by atoms with van der Waals surface area (Å²) in [6.07, 6.45) is 4.50. The highest BCUT2D eigenvalue weighted by atomic mass is 16.5. The highest BCUT2D eigenvalue weighted by Crippen LogP contribution is 2.19. The number of carbonyl (C=O) groups excluding carboxylic acids is 1. The maximum absolute atomic E-state index is 12.1. The second kappa shape index (κ2) is 11.2. The predicted octanol–water partition coefficient (Wildman–Crippen LogP) is 4.85. The molecular weight excluding hydrogens is 376 g/mol. The summed E-state index contributed by atoms with van der Waals surface area (Å²) >= 11 is 0. The highest BCUT2D eigenvalue weighted by Gasteiger charge is 2.13. The Labute approximate surface area is 176 Å². The summed E-state index contributed by atoms with van der Waals surface area (Å²) in [5.41, 5.74) is 4.63. The van der Waals surface area contributed by atoms with E-state index in [1.165, 1.54) is 6.21 Å². The van der Waals surface area contributed by atoms with E-state index in [1.807, 2.05) is 78.9 Å². The van der Waals surface area contributed by atoms with Crippen LogP contribution in [0.2, 0.25) is 0 Å². The van der Waals surface area contributed by atoms with Crippen LogP contribution in [0.3, 0.4) is 0 Å². The fourth-order valence-corrected chi connectivity index (χ4v) is 2.57. The summed E-state index contributed by atoms with van der Waals surface area (Å²) in [7, 11) is 0. The summed E-state index contributed by atoms with van der Waals surface area (Å²) < 4.78 is 11.4. The molecule has 0 aliphatic heterocycles. The van der Waals surface area contributed by atoms with Crippen LogP contribution in [0.4, 0.5) is 0 Å². The van der Waals surface area contributed by atoms with Gasteiger partial charge in [0, 0.05) is 6.21 Å². The topological polar surface area (TPSA) is 59.9 Å². The van der Waals surface area contributed by atoms with Gasteiger partial charge >= 0.3 is 0 Å². The number of ether oxygens (including phenoxy) is 2. The minimum absolute atomic E-state index is 0.330. The normalized spacial score (nSPS) is 12.0. The van der Waals surface area contributed by atoms with Crippen LogP contribution in [-0.2, 0) is 11.4 Å². The third-order valence-corrected chi connectivity index (χ3v) is 4.18. The van der Waals surface area contributed by atoms with E-state index >= 15 is 0 Å². The van der Waals surface area contributed by atoms with E-state index in [0.29, 0.717) is 12.4 Å². The molecule has 30 heavy (non-hydrogen) atoms. The Morgan fingerprint density at radius 2 is 1.57 bits per heavy atom. The maximum atomic E-state index is 12.1. The number of benzene rings is 3. The summed E-state index contributed by atoms with van der Waals surface area (Å²) in [4.78, 5) is 12.1. The van der Waals surface area contributed by atoms with E-state index < -0.39 is 6.10 Å². The predicted molar refractivity (Wildman–Crippen MR) is 119 cm³/mol. The minimum Gasteiger partial charge on any atom is -0.489 e. The van der Waals surface area contributed by atoms with Crippen molar-refractivity contribution in [3.05, 3.63) is 102 Å². The molecule has 5 nitrogen and oxygen atoms in total. The van der Waals surface area contributed by atoms with Crippen molar-refractivity contribution in [2.45, 2.75) is 19.6 Å². The molecule has 0 aromatic heterocycles. The molecule has 0 aliphatic carbocycles. The highest BCUT2D eigenvalue weighted by molar-refractivity contribution is 5.83. The van der Waals surface area contributed by atoms with Gasteiger partial charge in [0.05, 0.1) is 0 Å². The fourth-order valence-electron chi connectivity index (χ4n) is 2.57. The number of nitrogens with zero attached hydrogens (tertiary/aromatic N) is 1. The molecule has 1 N–H and O–H groups in total. The lowest BCUT2D eigenvalue weighted by Crippen LogP contribution is -2.33. The molecule has 1 amide bonds. The van der Waals surface area contributed by atoms with Crippen LogP contribution in [0.25, 0.3) is 6.08 Å². The van der Waals surface area contributed by atoms with Gasteiger partial charge in [-0.25, -0.2) is 5.43 Å².